The maximum Gasteiger partial charge on any atom is 0.182 e. The van der Waals surface area contributed by atoms with Gasteiger partial charge >= 0.3 is 0 Å². The third-order valence-electron chi connectivity index (χ3n) is 3.48. The molecule has 0 amide bonds. The van der Waals surface area contributed by atoms with Crippen LogP contribution in [0.3, 0.4) is 0 Å². The number of ether oxygens (including phenoxy) is 2. The molecule has 0 radical (unpaired) electrons. The summed E-state index contributed by atoms with van der Waals surface area (Å²) < 4.78 is 16.4. The summed E-state index contributed by atoms with van der Waals surface area (Å²) in [5.74, 6) is 2.19. The first kappa shape index (κ1) is 16.9. The minimum atomic E-state index is -0.124. The van der Waals surface area contributed by atoms with Gasteiger partial charge < -0.3 is 13.7 Å². The molecule has 0 N–H and O–H groups in total. The highest BCUT2D eigenvalue weighted by Crippen LogP contribution is 2.25. The average molecular weight is 352 g/mol. The fourth-order valence-electron chi connectivity index (χ4n) is 2.24. The van der Waals surface area contributed by atoms with Gasteiger partial charge in [-0.1, -0.05) is 24.8 Å². The molecule has 0 unspecified atom stereocenters. The predicted octanol–water partition coefficient (Wildman–Crippen LogP) is 4.45. The van der Waals surface area contributed by atoms with Crippen molar-refractivity contribution < 1.29 is 18.5 Å². The molecule has 1 aliphatic rings. The number of carbonyl (C=O) groups excluding carboxylic acids is 1. The van der Waals surface area contributed by atoms with E-state index in [0.29, 0.717) is 35.2 Å². The Morgan fingerprint density at radius 2 is 1.72 bits per heavy atom. The summed E-state index contributed by atoms with van der Waals surface area (Å²) in [5.41, 5.74) is 1.60. The highest BCUT2D eigenvalue weighted by molar-refractivity contribution is 7.75. The fourth-order valence-corrected chi connectivity index (χ4v) is 2.36. The van der Waals surface area contributed by atoms with Gasteiger partial charge in [0.15, 0.2) is 5.78 Å². The molecular formula is C20H16O4S. The van der Waals surface area contributed by atoms with Gasteiger partial charge in [-0.15, -0.1) is 0 Å². The summed E-state index contributed by atoms with van der Waals surface area (Å²) in [7, 11) is 0. The first-order valence-corrected chi connectivity index (χ1v) is 7.94. The monoisotopic (exact) mass is 352 g/mol. The van der Waals surface area contributed by atoms with Crippen LogP contribution >= 0.6 is 12.9 Å². The highest BCUT2D eigenvalue weighted by Gasteiger charge is 2.11. The fraction of sp³-hybridized carbons (Fsp3) is 0.0500. The quantitative estimate of drug-likeness (QED) is 0.616. The van der Waals surface area contributed by atoms with Crippen molar-refractivity contribution in [3.8, 4) is 17.2 Å². The predicted molar refractivity (Wildman–Crippen MR) is 98.8 cm³/mol. The third-order valence-corrected chi connectivity index (χ3v) is 3.69. The van der Waals surface area contributed by atoms with Crippen LogP contribution in [0, 0.1) is 0 Å². The smallest absolute Gasteiger partial charge is 0.182 e. The lowest BCUT2D eigenvalue weighted by atomic mass is 10.1. The van der Waals surface area contributed by atoms with E-state index in [2.05, 4.69) is 19.5 Å². The van der Waals surface area contributed by atoms with E-state index in [-0.39, 0.29) is 5.78 Å². The van der Waals surface area contributed by atoms with Crippen LogP contribution in [0.4, 0.5) is 0 Å². The van der Waals surface area contributed by atoms with E-state index in [9.17, 15) is 4.79 Å². The molecule has 0 atom stereocenters. The second kappa shape index (κ2) is 7.77. The van der Waals surface area contributed by atoms with Crippen LogP contribution in [0.5, 0.6) is 17.2 Å². The Bertz CT molecular complexity index is 868. The van der Waals surface area contributed by atoms with Gasteiger partial charge in [-0.3, -0.25) is 4.79 Å². The SMILES string of the molecule is C=C1C=CC(=O)C=C1Oc1cccc(OCc2cccc(OS)c2)c1. The van der Waals surface area contributed by atoms with Crippen molar-refractivity contribution in [3.05, 3.63) is 90.2 Å². The van der Waals surface area contributed by atoms with Crippen LogP contribution in [0.2, 0.25) is 0 Å². The molecule has 4 nitrogen and oxygen atoms in total. The summed E-state index contributed by atoms with van der Waals surface area (Å²) in [5, 5.41) is 0. The zero-order valence-electron chi connectivity index (χ0n) is 13.3. The molecular weight excluding hydrogens is 336 g/mol. The number of ketones is 1. The molecule has 0 saturated carbocycles. The Labute approximate surface area is 151 Å². The number of carbonyl (C=O) groups is 1. The second-order valence-electron chi connectivity index (χ2n) is 5.37. The molecule has 2 aromatic carbocycles. The molecule has 0 aliphatic heterocycles. The third kappa shape index (κ3) is 4.55. The van der Waals surface area contributed by atoms with Crippen LogP contribution in [-0.2, 0) is 11.4 Å². The van der Waals surface area contributed by atoms with Crippen molar-refractivity contribution in [2.24, 2.45) is 0 Å². The first-order valence-electron chi connectivity index (χ1n) is 7.58. The lowest BCUT2D eigenvalue weighted by Crippen LogP contribution is -2.05. The van der Waals surface area contributed by atoms with E-state index in [1.165, 1.54) is 12.2 Å². The topological polar surface area (TPSA) is 44.8 Å². The molecule has 0 heterocycles. The number of benzene rings is 2. The van der Waals surface area contributed by atoms with Crippen molar-refractivity contribution in [2.75, 3.05) is 0 Å². The van der Waals surface area contributed by atoms with Crippen LogP contribution < -0.4 is 13.7 Å². The summed E-state index contributed by atoms with van der Waals surface area (Å²) in [6.07, 6.45) is 4.50. The van der Waals surface area contributed by atoms with Crippen molar-refractivity contribution >= 4 is 18.7 Å². The molecule has 2 aromatic rings. The normalized spacial score (nSPS) is 13.4. The lowest BCUT2D eigenvalue weighted by Gasteiger charge is -2.13. The summed E-state index contributed by atoms with van der Waals surface area (Å²) in [4.78, 5) is 11.5. The van der Waals surface area contributed by atoms with Crippen molar-refractivity contribution in [1.29, 1.82) is 0 Å². The number of hydrogen-bond acceptors (Lipinski definition) is 5. The maximum absolute atomic E-state index is 11.5. The van der Waals surface area contributed by atoms with Gasteiger partial charge in [0.05, 0.1) is 0 Å². The van der Waals surface area contributed by atoms with Crippen LogP contribution in [-0.4, -0.2) is 5.78 Å². The zero-order chi connectivity index (χ0) is 17.6. The first-order chi connectivity index (χ1) is 12.1. The van der Waals surface area contributed by atoms with E-state index < -0.39 is 0 Å². The number of hydrogen-bond donors (Lipinski definition) is 1. The van der Waals surface area contributed by atoms with E-state index >= 15 is 0 Å². The number of thiol groups is 1. The van der Waals surface area contributed by atoms with E-state index in [4.69, 9.17) is 13.7 Å². The van der Waals surface area contributed by atoms with Gasteiger partial charge in [-0.2, -0.15) is 0 Å². The number of allylic oxidation sites excluding steroid dienone is 3. The average Bonchev–Trinajstić information content (AvgIpc) is 2.63. The molecule has 0 spiro atoms. The summed E-state index contributed by atoms with van der Waals surface area (Å²) >= 11 is 3.79. The van der Waals surface area contributed by atoms with E-state index in [1.54, 1.807) is 18.2 Å². The van der Waals surface area contributed by atoms with Gasteiger partial charge in [-0.05, 0) is 42.0 Å². The minimum absolute atomic E-state index is 0.124. The Morgan fingerprint density at radius 3 is 2.56 bits per heavy atom. The minimum Gasteiger partial charge on any atom is -0.489 e. The summed E-state index contributed by atoms with van der Waals surface area (Å²) in [6.45, 7) is 4.24. The van der Waals surface area contributed by atoms with Crippen molar-refractivity contribution in [2.45, 2.75) is 6.61 Å². The van der Waals surface area contributed by atoms with Crippen LogP contribution in [0.1, 0.15) is 5.56 Å². The number of rotatable bonds is 6. The Kier molecular flexibility index (Phi) is 5.26. The van der Waals surface area contributed by atoms with Gasteiger partial charge in [0.2, 0.25) is 0 Å². The maximum atomic E-state index is 11.5. The molecule has 5 heteroatoms. The largest absolute Gasteiger partial charge is 0.489 e. The van der Waals surface area contributed by atoms with Gasteiger partial charge in [-0.25, -0.2) is 0 Å². The Morgan fingerprint density at radius 1 is 0.960 bits per heavy atom. The van der Waals surface area contributed by atoms with Crippen LogP contribution in [0.15, 0.2) is 84.7 Å². The molecule has 0 bridgehead atoms. The molecule has 0 aromatic heterocycles. The Hall–Kier alpha value is -2.92. The summed E-state index contributed by atoms with van der Waals surface area (Å²) in [6, 6.07) is 14.7. The molecule has 0 saturated heterocycles. The van der Waals surface area contributed by atoms with Gasteiger partial charge in [0, 0.05) is 30.6 Å². The van der Waals surface area contributed by atoms with Gasteiger partial charge in [0.25, 0.3) is 0 Å². The second-order valence-corrected chi connectivity index (χ2v) is 5.56. The van der Waals surface area contributed by atoms with E-state index in [0.717, 1.165) is 5.56 Å². The van der Waals surface area contributed by atoms with E-state index in [1.807, 2.05) is 36.4 Å². The lowest BCUT2D eigenvalue weighted by molar-refractivity contribution is -0.110. The van der Waals surface area contributed by atoms with Crippen molar-refractivity contribution in [3.63, 3.8) is 0 Å². The zero-order valence-corrected chi connectivity index (χ0v) is 14.2. The van der Waals surface area contributed by atoms with Crippen molar-refractivity contribution in [1.82, 2.24) is 0 Å². The molecule has 0 fully saturated rings. The molecule has 3 rings (SSSR count). The molecule has 1 aliphatic carbocycles. The molecule has 126 valence electrons. The van der Waals surface area contributed by atoms with Gasteiger partial charge in [0.1, 0.15) is 29.6 Å². The standard InChI is InChI=1S/C20H16O4S/c1-14-8-9-16(21)11-20(14)23-18-6-3-5-17(12-18)22-13-15-4-2-7-19(10-15)24-25/h2-12,25H,1,13H2. The van der Waals surface area contributed by atoms with Crippen LogP contribution in [0.25, 0.3) is 0 Å². The highest BCUT2D eigenvalue weighted by atomic mass is 32.1. The Balaban J connectivity index is 1.67. The molecule has 25 heavy (non-hydrogen) atoms.